The van der Waals surface area contributed by atoms with Gasteiger partial charge in [0, 0.05) is 6.20 Å². The van der Waals surface area contributed by atoms with Crippen molar-refractivity contribution >= 4 is 11.5 Å². The van der Waals surface area contributed by atoms with Gasteiger partial charge in [0.05, 0.1) is 17.1 Å². The Morgan fingerprint density at radius 3 is 3.06 bits per heavy atom. The molecule has 2 aromatic rings. The first kappa shape index (κ1) is 9.92. The van der Waals surface area contributed by atoms with Crippen molar-refractivity contribution in [2.75, 3.05) is 12.1 Å². The van der Waals surface area contributed by atoms with Gasteiger partial charge in [0.2, 0.25) is 5.78 Å². The zero-order valence-corrected chi connectivity index (χ0v) is 8.88. The average molecular weight is 230 g/mol. The van der Waals surface area contributed by atoms with Crippen molar-refractivity contribution in [3.05, 3.63) is 42.2 Å². The van der Waals surface area contributed by atoms with E-state index in [-0.39, 0.29) is 12.4 Å². The van der Waals surface area contributed by atoms with Crippen LogP contribution in [0.5, 0.6) is 5.75 Å². The third-order valence-electron chi connectivity index (χ3n) is 2.74. The number of aromatic nitrogens is 1. The number of nitrogens with one attached hydrogen (secondary N) is 1. The molecule has 17 heavy (non-hydrogen) atoms. The summed E-state index contributed by atoms with van der Waals surface area (Å²) in [6, 6.07) is 8.67. The molecule has 86 valence electrons. The van der Waals surface area contributed by atoms with E-state index in [0.717, 1.165) is 5.69 Å². The van der Waals surface area contributed by atoms with Crippen molar-refractivity contribution in [1.82, 2.24) is 4.57 Å². The number of hydrogen-bond donors (Lipinski definition) is 2. The van der Waals surface area contributed by atoms with Crippen LogP contribution in [0.4, 0.5) is 5.69 Å². The van der Waals surface area contributed by atoms with Crippen LogP contribution >= 0.6 is 0 Å². The van der Waals surface area contributed by atoms with E-state index in [4.69, 9.17) is 9.94 Å². The maximum Gasteiger partial charge on any atom is 0.216 e. The molecule has 2 heterocycles. The van der Waals surface area contributed by atoms with E-state index in [9.17, 15) is 4.79 Å². The number of nitrogens with zero attached hydrogens (tertiary/aromatic N) is 1. The molecule has 0 saturated carbocycles. The number of anilines is 1. The molecule has 1 aliphatic rings. The Labute approximate surface area is 97.2 Å². The fourth-order valence-corrected chi connectivity index (χ4v) is 1.93. The second kappa shape index (κ2) is 3.64. The molecular weight excluding hydrogens is 220 g/mol. The number of hydrogen-bond acceptors (Lipinski definition) is 4. The quantitative estimate of drug-likeness (QED) is 0.734. The van der Waals surface area contributed by atoms with E-state index in [1.54, 1.807) is 41.1 Å². The molecule has 0 spiro atoms. The summed E-state index contributed by atoms with van der Waals surface area (Å²) in [5.41, 5.74) is 3.93. The Balaban J connectivity index is 2.25. The molecule has 0 radical (unpaired) electrons. The van der Waals surface area contributed by atoms with Crippen molar-refractivity contribution in [2.24, 2.45) is 0 Å². The molecule has 5 nitrogen and oxygen atoms in total. The molecule has 1 aliphatic heterocycles. The minimum Gasteiger partial charge on any atom is -0.483 e. The van der Waals surface area contributed by atoms with Gasteiger partial charge in [0.25, 0.3) is 0 Å². The third kappa shape index (κ3) is 1.48. The maximum absolute atomic E-state index is 11.8. The molecule has 0 bridgehead atoms. The number of ether oxygens (including phenoxy) is 1. The summed E-state index contributed by atoms with van der Waals surface area (Å²) in [5, 5.41) is 8.89. The Hall–Kier alpha value is -2.27. The van der Waals surface area contributed by atoms with E-state index >= 15 is 0 Å². The normalized spacial score (nSPS) is 13.4. The summed E-state index contributed by atoms with van der Waals surface area (Å²) in [4.78, 5) is 11.8. The lowest BCUT2D eigenvalue weighted by Crippen LogP contribution is -2.10. The smallest absolute Gasteiger partial charge is 0.216 e. The van der Waals surface area contributed by atoms with Gasteiger partial charge in [0.15, 0.2) is 6.61 Å². The molecule has 1 aromatic heterocycles. The van der Waals surface area contributed by atoms with Crippen LogP contribution in [0.2, 0.25) is 0 Å². The second-order valence-electron chi connectivity index (χ2n) is 3.77. The summed E-state index contributed by atoms with van der Waals surface area (Å²) in [6.45, 7) is 0.0307. The first-order valence-corrected chi connectivity index (χ1v) is 5.17. The molecule has 1 aromatic carbocycles. The Morgan fingerprint density at radius 2 is 2.24 bits per heavy atom. The van der Waals surface area contributed by atoms with Crippen molar-refractivity contribution in [1.29, 1.82) is 0 Å². The van der Waals surface area contributed by atoms with Gasteiger partial charge in [-0.3, -0.25) is 15.5 Å². The van der Waals surface area contributed by atoms with E-state index in [1.165, 1.54) is 0 Å². The van der Waals surface area contributed by atoms with Crippen LogP contribution in [0, 0.1) is 0 Å². The first-order valence-electron chi connectivity index (χ1n) is 5.17. The maximum atomic E-state index is 11.8. The third-order valence-corrected chi connectivity index (χ3v) is 2.74. The van der Waals surface area contributed by atoms with Crippen molar-refractivity contribution in [3.63, 3.8) is 0 Å². The summed E-state index contributed by atoms with van der Waals surface area (Å²) in [5.74, 6) is 0.553. The number of benzene rings is 1. The highest BCUT2D eigenvalue weighted by atomic mass is 16.5. The molecule has 0 saturated heterocycles. The van der Waals surface area contributed by atoms with Gasteiger partial charge in [-0.2, -0.15) is 0 Å². The molecule has 0 amide bonds. The number of carbonyl (C=O) groups is 1. The second-order valence-corrected chi connectivity index (χ2v) is 3.77. The van der Waals surface area contributed by atoms with Crippen LogP contribution in [-0.2, 0) is 0 Å². The van der Waals surface area contributed by atoms with Crippen LogP contribution in [0.3, 0.4) is 0 Å². The van der Waals surface area contributed by atoms with Crippen molar-refractivity contribution in [2.45, 2.75) is 0 Å². The standard InChI is InChI=1S/C12H10N2O3/c15-11-7-17-12-4-3-8(13-16)6-10(12)14-5-1-2-9(11)14/h1-6,13,16H,7H2. The topological polar surface area (TPSA) is 63.5 Å². The fraction of sp³-hybridized carbons (Fsp3) is 0.0833. The minimum absolute atomic E-state index is 0.0307. The van der Waals surface area contributed by atoms with Crippen LogP contribution in [0.25, 0.3) is 5.69 Å². The van der Waals surface area contributed by atoms with Crippen molar-refractivity contribution in [3.8, 4) is 11.4 Å². The van der Waals surface area contributed by atoms with E-state index in [2.05, 4.69) is 5.48 Å². The predicted molar refractivity (Wildman–Crippen MR) is 61.0 cm³/mol. The van der Waals surface area contributed by atoms with E-state index in [0.29, 0.717) is 17.1 Å². The largest absolute Gasteiger partial charge is 0.483 e. The summed E-state index contributed by atoms with van der Waals surface area (Å²) in [7, 11) is 0. The number of fused-ring (bicyclic) bond motifs is 3. The molecule has 0 unspecified atom stereocenters. The van der Waals surface area contributed by atoms with E-state index < -0.39 is 0 Å². The molecule has 5 heteroatoms. The van der Waals surface area contributed by atoms with Gasteiger partial charge in [-0.05, 0) is 30.3 Å². The molecular formula is C12H10N2O3. The number of Topliss-reactive ketones (excluding diaryl/α,β-unsaturated/α-hetero) is 1. The van der Waals surface area contributed by atoms with Gasteiger partial charge < -0.3 is 9.30 Å². The Bertz CT molecular complexity index is 589. The highest BCUT2D eigenvalue weighted by Crippen LogP contribution is 2.30. The Kier molecular flexibility index (Phi) is 2.12. The molecule has 0 fully saturated rings. The molecule has 3 rings (SSSR count). The monoisotopic (exact) mass is 230 g/mol. The lowest BCUT2D eigenvalue weighted by Gasteiger charge is -2.10. The van der Waals surface area contributed by atoms with Gasteiger partial charge in [-0.25, -0.2) is 0 Å². The number of rotatable bonds is 1. The lowest BCUT2D eigenvalue weighted by atomic mass is 10.2. The van der Waals surface area contributed by atoms with Gasteiger partial charge >= 0.3 is 0 Å². The van der Waals surface area contributed by atoms with Crippen molar-refractivity contribution < 1.29 is 14.7 Å². The van der Waals surface area contributed by atoms with Crippen LogP contribution in [0.1, 0.15) is 10.5 Å². The van der Waals surface area contributed by atoms with Crippen LogP contribution < -0.4 is 10.2 Å². The van der Waals surface area contributed by atoms with Gasteiger partial charge in [0.1, 0.15) is 5.75 Å². The molecule has 0 aliphatic carbocycles. The summed E-state index contributed by atoms with van der Waals surface area (Å²) < 4.78 is 7.18. The number of ketones is 1. The zero-order valence-electron chi connectivity index (χ0n) is 8.88. The minimum atomic E-state index is -0.0651. The van der Waals surface area contributed by atoms with E-state index in [1.807, 2.05) is 0 Å². The first-order chi connectivity index (χ1) is 8.29. The van der Waals surface area contributed by atoms with Gasteiger partial charge in [-0.1, -0.05) is 0 Å². The molecule has 2 N–H and O–H groups in total. The average Bonchev–Trinajstić information content (AvgIpc) is 2.80. The summed E-state index contributed by atoms with van der Waals surface area (Å²) >= 11 is 0. The van der Waals surface area contributed by atoms with Crippen LogP contribution in [-0.4, -0.2) is 22.2 Å². The highest BCUT2D eigenvalue weighted by Gasteiger charge is 2.20. The Morgan fingerprint density at radius 1 is 1.35 bits per heavy atom. The number of carbonyl (C=O) groups excluding carboxylic acids is 1. The summed E-state index contributed by atoms with van der Waals surface area (Å²) in [6.07, 6.45) is 1.79. The van der Waals surface area contributed by atoms with Gasteiger partial charge in [-0.15, -0.1) is 0 Å². The zero-order chi connectivity index (χ0) is 11.8. The van der Waals surface area contributed by atoms with Crippen LogP contribution in [0.15, 0.2) is 36.5 Å². The fourth-order valence-electron chi connectivity index (χ4n) is 1.93. The molecule has 0 atom stereocenters. The lowest BCUT2D eigenvalue weighted by molar-refractivity contribution is 0.0921. The SMILES string of the molecule is O=C1COc2ccc(NO)cc2-n2cccc21. The predicted octanol–water partition coefficient (Wildman–Crippen LogP) is 1.85. The highest BCUT2D eigenvalue weighted by molar-refractivity contribution is 5.97.